The zero-order chi connectivity index (χ0) is 17.0. The standard InChI is InChI=1S/C20H20N2O2/c23-19(17-9-3-1-4-10-17)15-21-13-7-8-14-22-16-20(24)18-11-5-2-6-12-18/h1-6,9-12,15-16H,7-8,13-14H2. The minimum absolute atomic E-state index is 0.0814. The zero-order valence-electron chi connectivity index (χ0n) is 13.5. The van der Waals surface area contributed by atoms with E-state index in [0.717, 1.165) is 12.8 Å². The first-order chi connectivity index (χ1) is 11.8. The fraction of sp³-hybridized carbons (Fsp3) is 0.200. The van der Waals surface area contributed by atoms with E-state index in [1.807, 2.05) is 36.4 Å². The molecule has 0 heterocycles. The van der Waals surface area contributed by atoms with Crippen LogP contribution in [0.2, 0.25) is 0 Å². The number of carbonyl (C=O) groups excluding carboxylic acids is 2. The van der Waals surface area contributed by atoms with Gasteiger partial charge in [-0.3, -0.25) is 19.6 Å². The van der Waals surface area contributed by atoms with Gasteiger partial charge in [0.05, 0.1) is 12.4 Å². The van der Waals surface area contributed by atoms with Crippen molar-refractivity contribution < 1.29 is 9.59 Å². The number of Topliss-reactive ketones (excluding diaryl/α,β-unsaturated/α-hetero) is 2. The van der Waals surface area contributed by atoms with Crippen LogP contribution in [0.5, 0.6) is 0 Å². The Labute approximate surface area is 142 Å². The molecule has 0 radical (unpaired) electrons. The molecule has 2 rings (SSSR count). The minimum Gasteiger partial charge on any atom is -0.289 e. The van der Waals surface area contributed by atoms with Crippen molar-refractivity contribution in [2.45, 2.75) is 12.8 Å². The first-order valence-corrected chi connectivity index (χ1v) is 7.96. The summed E-state index contributed by atoms with van der Waals surface area (Å²) in [5, 5.41) is 0. The Morgan fingerprint density at radius 1 is 0.667 bits per heavy atom. The second-order valence-corrected chi connectivity index (χ2v) is 5.24. The van der Waals surface area contributed by atoms with Crippen LogP contribution in [-0.4, -0.2) is 37.1 Å². The molecule has 0 N–H and O–H groups in total. The third kappa shape index (κ3) is 6.08. The van der Waals surface area contributed by atoms with Gasteiger partial charge in [-0.2, -0.15) is 0 Å². The van der Waals surface area contributed by atoms with Gasteiger partial charge in [0.15, 0.2) is 0 Å². The summed E-state index contributed by atoms with van der Waals surface area (Å²) in [7, 11) is 0. The summed E-state index contributed by atoms with van der Waals surface area (Å²) in [6.45, 7) is 1.17. The maximum absolute atomic E-state index is 11.8. The van der Waals surface area contributed by atoms with Gasteiger partial charge in [-0.1, -0.05) is 60.7 Å². The van der Waals surface area contributed by atoms with Gasteiger partial charge < -0.3 is 0 Å². The van der Waals surface area contributed by atoms with E-state index < -0.39 is 0 Å². The van der Waals surface area contributed by atoms with Crippen molar-refractivity contribution in [2.75, 3.05) is 13.1 Å². The molecule has 4 heteroatoms. The lowest BCUT2D eigenvalue weighted by Crippen LogP contribution is -2.01. The van der Waals surface area contributed by atoms with Gasteiger partial charge in [-0.15, -0.1) is 0 Å². The fourth-order valence-electron chi connectivity index (χ4n) is 2.06. The van der Waals surface area contributed by atoms with Crippen LogP contribution in [-0.2, 0) is 0 Å². The van der Waals surface area contributed by atoms with Crippen LogP contribution < -0.4 is 0 Å². The minimum atomic E-state index is -0.0814. The van der Waals surface area contributed by atoms with E-state index in [-0.39, 0.29) is 11.6 Å². The van der Waals surface area contributed by atoms with Gasteiger partial charge in [0.1, 0.15) is 0 Å². The molecule has 122 valence electrons. The molecule has 0 saturated heterocycles. The molecule has 0 aliphatic carbocycles. The lowest BCUT2D eigenvalue weighted by atomic mass is 10.1. The van der Waals surface area contributed by atoms with E-state index in [1.165, 1.54) is 12.4 Å². The van der Waals surface area contributed by atoms with Crippen molar-refractivity contribution >= 4 is 24.0 Å². The average Bonchev–Trinajstić information content (AvgIpc) is 2.65. The largest absolute Gasteiger partial charge is 0.289 e. The number of aliphatic imine (C=N–C) groups is 2. The highest BCUT2D eigenvalue weighted by Gasteiger charge is 2.00. The first-order valence-electron chi connectivity index (χ1n) is 7.96. The summed E-state index contributed by atoms with van der Waals surface area (Å²) in [5.74, 6) is -0.163. The van der Waals surface area contributed by atoms with E-state index in [1.54, 1.807) is 24.3 Å². The molecule has 2 aromatic carbocycles. The van der Waals surface area contributed by atoms with Crippen LogP contribution in [0, 0.1) is 0 Å². The Morgan fingerprint density at radius 2 is 1.04 bits per heavy atom. The Kier molecular flexibility index (Phi) is 7.28. The molecule has 24 heavy (non-hydrogen) atoms. The van der Waals surface area contributed by atoms with Crippen LogP contribution >= 0.6 is 0 Å². The second kappa shape index (κ2) is 10.0. The first kappa shape index (κ1) is 17.5. The molecule has 0 saturated carbocycles. The van der Waals surface area contributed by atoms with Crippen molar-refractivity contribution in [3.8, 4) is 0 Å². The Bertz CT molecular complexity index is 643. The Morgan fingerprint density at radius 3 is 1.42 bits per heavy atom. The lowest BCUT2D eigenvalue weighted by Gasteiger charge is -1.96. The summed E-state index contributed by atoms with van der Waals surface area (Å²) < 4.78 is 0. The van der Waals surface area contributed by atoms with Gasteiger partial charge in [0.25, 0.3) is 0 Å². The summed E-state index contributed by atoms with van der Waals surface area (Å²) in [5.41, 5.74) is 1.29. The molecule has 0 spiro atoms. The summed E-state index contributed by atoms with van der Waals surface area (Å²) >= 11 is 0. The maximum Gasteiger partial charge on any atom is 0.203 e. The molecule has 0 aromatic heterocycles. The summed E-state index contributed by atoms with van der Waals surface area (Å²) in [6.07, 6.45) is 4.40. The maximum atomic E-state index is 11.8. The SMILES string of the molecule is O=C(C=NCCCCN=CC(=O)c1ccccc1)c1ccccc1. The van der Waals surface area contributed by atoms with Gasteiger partial charge in [-0.25, -0.2) is 0 Å². The highest BCUT2D eigenvalue weighted by Crippen LogP contribution is 2.00. The molecular formula is C20H20N2O2. The topological polar surface area (TPSA) is 58.9 Å². The molecule has 0 atom stereocenters. The van der Waals surface area contributed by atoms with E-state index >= 15 is 0 Å². The van der Waals surface area contributed by atoms with Gasteiger partial charge >= 0.3 is 0 Å². The van der Waals surface area contributed by atoms with E-state index in [9.17, 15) is 9.59 Å². The van der Waals surface area contributed by atoms with Crippen LogP contribution in [0.25, 0.3) is 0 Å². The number of unbranched alkanes of at least 4 members (excludes halogenated alkanes) is 1. The van der Waals surface area contributed by atoms with Crippen molar-refractivity contribution in [2.24, 2.45) is 9.98 Å². The molecular weight excluding hydrogens is 300 g/mol. The number of ketones is 2. The van der Waals surface area contributed by atoms with Crippen LogP contribution in [0.1, 0.15) is 33.6 Å². The summed E-state index contributed by atoms with van der Waals surface area (Å²) in [4.78, 5) is 31.8. The third-order valence-electron chi connectivity index (χ3n) is 3.36. The normalized spacial score (nSPS) is 11.2. The molecule has 2 aromatic rings. The van der Waals surface area contributed by atoms with Crippen molar-refractivity contribution in [1.82, 2.24) is 0 Å². The van der Waals surface area contributed by atoms with Crippen LogP contribution in [0.3, 0.4) is 0 Å². The second-order valence-electron chi connectivity index (χ2n) is 5.24. The number of nitrogens with zero attached hydrogens (tertiary/aromatic N) is 2. The fourth-order valence-corrected chi connectivity index (χ4v) is 2.06. The quantitative estimate of drug-likeness (QED) is 0.402. The monoisotopic (exact) mass is 320 g/mol. The number of carbonyl (C=O) groups is 2. The molecule has 0 fully saturated rings. The summed E-state index contributed by atoms with van der Waals surface area (Å²) in [6, 6.07) is 18.1. The predicted molar refractivity (Wildman–Crippen MR) is 97.5 cm³/mol. The molecule has 0 amide bonds. The van der Waals surface area contributed by atoms with Gasteiger partial charge in [0, 0.05) is 24.2 Å². The average molecular weight is 320 g/mol. The van der Waals surface area contributed by atoms with Crippen molar-refractivity contribution in [1.29, 1.82) is 0 Å². The zero-order valence-corrected chi connectivity index (χ0v) is 13.5. The highest BCUT2D eigenvalue weighted by molar-refractivity contribution is 6.35. The molecule has 4 nitrogen and oxygen atoms in total. The van der Waals surface area contributed by atoms with E-state index in [2.05, 4.69) is 9.98 Å². The third-order valence-corrected chi connectivity index (χ3v) is 3.36. The van der Waals surface area contributed by atoms with Crippen molar-refractivity contribution in [3.63, 3.8) is 0 Å². The van der Waals surface area contributed by atoms with Crippen LogP contribution in [0.4, 0.5) is 0 Å². The number of hydrogen-bond acceptors (Lipinski definition) is 4. The van der Waals surface area contributed by atoms with E-state index in [0.29, 0.717) is 24.2 Å². The number of rotatable bonds is 9. The lowest BCUT2D eigenvalue weighted by molar-refractivity contribution is 0.106. The number of hydrogen-bond donors (Lipinski definition) is 0. The van der Waals surface area contributed by atoms with Gasteiger partial charge in [0.2, 0.25) is 11.6 Å². The predicted octanol–water partition coefficient (Wildman–Crippen LogP) is 3.67. The Hall–Kier alpha value is -2.88. The van der Waals surface area contributed by atoms with E-state index in [4.69, 9.17) is 0 Å². The molecule has 0 unspecified atom stereocenters. The van der Waals surface area contributed by atoms with Crippen LogP contribution in [0.15, 0.2) is 70.6 Å². The smallest absolute Gasteiger partial charge is 0.203 e. The van der Waals surface area contributed by atoms with Gasteiger partial charge in [-0.05, 0) is 12.8 Å². The van der Waals surface area contributed by atoms with Crippen molar-refractivity contribution in [3.05, 3.63) is 71.8 Å². The highest BCUT2D eigenvalue weighted by atomic mass is 16.1. The molecule has 0 aliphatic rings. The Balaban J connectivity index is 1.61. The number of benzene rings is 2. The molecule has 0 bridgehead atoms. The molecule has 0 aliphatic heterocycles.